The summed E-state index contributed by atoms with van der Waals surface area (Å²) in [5, 5.41) is 13.7. The normalized spacial score (nSPS) is 19.2. The number of aromatic nitrogens is 1. The van der Waals surface area contributed by atoms with Crippen molar-refractivity contribution in [1.82, 2.24) is 10.3 Å². The van der Waals surface area contributed by atoms with Gasteiger partial charge in [-0.1, -0.05) is 30.9 Å². The Morgan fingerprint density at radius 2 is 2.12 bits per heavy atom. The molecule has 0 radical (unpaired) electrons. The molecule has 2 N–H and O–H groups in total. The molecule has 0 aliphatic heterocycles. The van der Waals surface area contributed by atoms with Gasteiger partial charge in [0.15, 0.2) is 0 Å². The van der Waals surface area contributed by atoms with E-state index in [-0.39, 0.29) is 12.1 Å². The van der Waals surface area contributed by atoms with Crippen molar-refractivity contribution in [2.75, 3.05) is 6.61 Å². The highest BCUT2D eigenvalue weighted by molar-refractivity contribution is 6.31. The molecule has 0 atom stereocenters. The lowest BCUT2D eigenvalue weighted by Gasteiger charge is -2.36. The topological polar surface area (TPSA) is 45.1 Å². The van der Waals surface area contributed by atoms with Gasteiger partial charge >= 0.3 is 0 Å². The second-order valence-corrected chi connectivity index (χ2v) is 5.23. The van der Waals surface area contributed by atoms with Crippen molar-refractivity contribution in [2.24, 2.45) is 0 Å². The Morgan fingerprint density at radius 1 is 1.35 bits per heavy atom. The first-order chi connectivity index (χ1) is 8.26. The number of aliphatic hydroxyl groups excluding tert-OH is 1. The molecule has 94 valence electrons. The third-order valence-corrected chi connectivity index (χ3v) is 3.96. The van der Waals surface area contributed by atoms with Gasteiger partial charge in [-0.2, -0.15) is 0 Å². The number of nitrogens with one attached hydrogen (secondary N) is 1. The van der Waals surface area contributed by atoms with Crippen LogP contribution in [0, 0.1) is 0 Å². The van der Waals surface area contributed by atoms with E-state index in [9.17, 15) is 5.11 Å². The average molecular weight is 255 g/mol. The Bertz CT molecular complexity index is 364. The predicted molar refractivity (Wildman–Crippen MR) is 69.0 cm³/mol. The number of hydrogen-bond donors (Lipinski definition) is 2. The summed E-state index contributed by atoms with van der Waals surface area (Å²) in [6, 6.07) is 1.92. The summed E-state index contributed by atoms with van der Waals surface area (Å²) in [5.41, 5.74) is 0.935. The summed E-state index contributed by atoms with van der Waals surface area (Å²) in [7, 11) is 0. The zero-order valence-corrected chi connectivity index (χ0v) is 10.7. The average Bonchev–Trinajstić information content (AvgIpc) is 2.39. The summed E-state index contributed by atoms with van der Waals surface area (Å²) in [5.74, 6) is 0. The third-order valence-electron chi connectivity index (χ3n) is 3.62. The fraction of sp³-hybridized carbons (Fsp3) is 0.615. The maximum Gasteiger partial charge on any atom is 0.0634 e. The van der Waals surface area contributed by atoms with E-state index in [0.717, 1.165) is 18.4 Å². The Hall–Kier alpha value is -0.640. The maximum absolute atomic E-state index is 9.58. The zero-order valence-electron chi connectivity index (χ0n) is 9.95. The van der Waals surface area contributed by atoms with E-state index < -0.39 is 0 Å². The lowest BCUT2D eigenvalue weighted by atomic mass is 9.82. The van der Waals surface area contributed by atoms with Crippen LogP contribution in [0.5, 0.6) is 0 Å². The van der Waals surface area contributed by atoms with Crippen LogP contribution in [-0.4, -0.2) is 22.2 Å². The molecule has 0 aromatic carbocycles. The largest absolute Gasteiger partial charge is 0.394 e. The van der Waals surface area contributed by atoms with Crippen LogP contribution in [-0.2, 0) is 6.54 Å². The Balaban J connectivity index is 1.98. The van der Waals surface area contributed by atoms with E-state index in [2.05, 4.69) is 10.3 Å². The van der Waals surface area contributed by atoms with Crippen LogP contribution in [0.2, 0.25) is 5.02 Å². The van der Waals surface area contributed by atoms with Gasteiger partial charge in [0.25, 0.3) is 0 Å². The molecular formula is C13H19ClN2O. The third kappa shape index (κ3) is 3.18. The van der Waals surface area contributed by atoms with Gasteiger partial charge in [0.05, 0.1) is 11.6 Å². The minimum atomic E-state index is -0.106. The van der Waals surface area contributed by atoms with E-state index in [1.807, 2.05) is 6.07 Å². The molecule has 0 saturated heterocycles. The van der Waals surface area contributed by atoms with Crippen molar-refractivity contribution in [3.8, 4) is 0 Å². The van der Waals surface area contributed by atoms with Crippen LogP contribution in [0.15, 0.2) is 18.5 Å². The number of aliphatic hydroxyl groups is 1. The lowest BCUT2D eigenvalue weighted by molar-refractivity contribution is 0.119. The molecular weight excluding hydrogens is 236 g/mol. The van der Waals surface area contributed by atoms with Gasteiger partial charge in [-0.25, -0.2) is 0 Å². The van der Waals surface area contributed by atoms with Crippen LogP contribution in [0.4, 0.5) is 0 Å². The number of pyridine rings is 1. The van der Waals surface area contributed by atoms with Crippen LogP contribution < -0.4 is 5.32 Å². The molecule has 4 heteroatoms. The fourth-order valence-corrected chi connectivity index (χ4v) is 2.64. The van der Waals surface area contributed by atoms with Gasteiger partial charge in [0.1, 0.15) is 0 Å². The number of halogens is 1. The van der Waals surface area contributed by atoms with Crippen molar-refractivity contribution >= 4 is 11.6 Å². The molecule has 1 aliphatic rings. The molecule has 1 heterocycles. The highest BCUT2D eigenvalue weighted by Crippen LogP contribution is 2.28. The Kier molecular flexibility index (Phi) is 4.37. The molecule has 0 amide bonds. The van der Waals surface area contributed by atoms with E-state index >= 15 is 0 Å². The summed E-state index contributed by atoms with van der Waals surface area (Å²) in [6.45, 7) is 0.900. The van der Waals surface area contributed by atoms with Gasteiger partial charge in [-0.15, -0.1) is 0 Å². The van der Waals surface area contributed by atoms with Gasteiger partial charge in [-0.05, 0) is 24.5 Å². The van der Waals surface area contributed by atoms with Gasteiger partial charge in [0, 0.05) is 24.5 Å². The van der Waals surface area contributed by atoms with Gasteiger partial charge < -0.3 is 10.4 Å². The standard InChI is InChI=1S/C13H19ClN2O/c14-12-9-15-7-4-11(12)8-16-13(10-17)5-2-1-3-6-13/h4,7,9,16-17H,1-3,5-6,8,10H2. The van der Waals surface area contributed by atoms with E-state index in [1.54, 1.807) is 12.4 Å². The fourth-order valence-electron chi connectivity index (χ4n) is 2.45. The van der Waals surface area contributed by atoms with Crippen LogP contribution >= 0.6 is 11.6 Å². The predicted octanol–water partition coefficient (Wildman–Crippen LogP) is 2.52. The molecule has 1 fully saturated rings. The highest BCUT2D eigenvalue weighted by Gasteiger charge is 2.30. The number of hydrogen-bond acceptors (Lipinski definition) is 3. The molecule has 3 nitrogen and oxygen atoms in total. The maximum atomic E-state index is 9.58. The number of nitrogens with zero attached hydrogens (tertiary/aromatic N) is 1. The SMILES string of the molecule is OCC1(NCc2ccncc2Cl)CCCCC1. The monoisotopic (exact) mass is 254 g/mol. The Morgan fingerprint density at radius 3 is 2.76 bits per heavy atom. The first-order valence-corrected chi connectivity index (χ1v) is 6.58. The summed E-state index contributed by atoms with van der Waals surface area (Å²) in [4.78, 5) is 3.97. The van der Waals surface area contributed by atoms with Crippen molar-refractivity contribution in [1.29, 1.82) is 0 Å². The van der Waals surface area contributed by atoms with Gasteiger partial charge in [0.2, 0.25) is 0 Å². The van der Waals surface area contributed by atoms with Crippen LogP contribution in [0.3, 0.4) is 0 Å². The van der Waals surface area contributed by atoms with E-state index in [0.29, 0.717) is 11.6 Å². The van der Waals surface area contributed by atoms with E-state index in [4.69, 9.17) is 11.6 Å². The summed E-state index contributed by atoms with van der Waals surface area (Å²) in [6.07, 6.45) is 9.16. The molecule has 17 heavy (non-hydrogen) atoms. The first kappa shape index (κ1) is 12.8. The van der Waals surface area contributed by atoms with Crippen LogP contribution in [0.25, 0.3) is 0 Å². The van der Waals surface area contributed by atoms with E-state index in [1.165, 1.54) is 19.3 Å². The van der Waals surface area contributed by atoms with Crippen molar-refractivity contribution in [3.63, 3.8) is 0 Å². The molecule has 0 spiro atoms. The molecule has 1 aromatic heterocycles. The molecule has 1 aromatic rings. The van der Waals surface area contributed by atoms with Crippen molar-refractivity contribution in [2.45, 2.75) is 44.2 Å². The smallest absolute Gasteiger partial charge is 0.0634 e. The second kappa shape index (κ2) is 5.80. The quantitative estimate of drug-likeness (QED) is 0.868. The minimum absolute atomic E-state index is 0.106. The zero-order chi connectivity index (χ0) is 12.1. The molecule has 0 bridgehead atoms. The summed E-state index contributed by atoms with van der Waals surface area (Å²) < 4.78 is 0. The van der Waals surface area contributed by atoms with Crippen LogP contribution in [0.1, 0.15) is 37.7 Å². The molecule has 1 saturated carbocycles. The second-order valence-electron chi connectivity index (χ2n) is 4.82. The minimum Gasteiger partial charge on any atom is -0.394 e. The number of rotatable bonds is 4. The first-order valence-electron chi connectivity index (χ1n) is 6.20. The molecule has 1 aliphatic carbocycles. The molecule has 0 unspecified atom stereocenters. The molecule has 2 rings (SSSR count). The lowest BCUT2D eigenvalue weighted by Crippen LogP contribution is -2.49. The Labute approximate surface area is 107 Å². The highest BCUT2D eigenvalue weighted by atomic mass is 35.5. The van der Waals surface area contributed by atoms with Crippen molar-refractivity contribution < 1.29 is 5.11 Å². The van der Waals surface area contributed by atoms with Crippen molar-refractivity contribution in [3.05, 3.63) is 29.0 Å². The summed E-state index contributed by atoms with van der Waals surface area (Å²) >= 11 is 6.07. The van der Waals surface area contributed by atoms with Gasteiger partial charge in [-0.3, -0.25) is 4.98 Å².